The van der Waals surface area contributed by atoms with Crippen molar-refractivity contribution < 1.29 is 13.2 Å². The van der Waals surface area contributed by atoms with Crippen molar-refractivity contribution in [1.29, 1.82) is 0 Å². The molecule has 0 heterocycles. The third kappa shape index (κ3) is 5.06. The molecule has 0 amide bonds. The monoisotopic (exact) mass is 271 g/mol. The van der Waals surface area contributed by atoms with Gasteiger partial charge in [0.05, 0.1) is 7.11 Å². The summed E-state index contributed by atoms with van der Waals surface area (Å²) in [4.78, 5) is 0. The normalized spacial score (nSPS) is 13.3. The number of rotatable bonds is 7. The second-order valence-corrected chi connectivity index (χ2v) is 6.65. The zero-order valence-electron chi connectivity index (χ0n) is 11.1. The van der Waals surface area contributed by atoms with Gasteiger partial charge in [-0.2, -0.15) is 0 Å². The number of sulfone groups is 1. The Morgan fingerprint density at radius 2 is 1.89 bits per heavy atom. The summed E-state index contributed by atoms with van der Waals surface area (Å²) in [5.41, 5.74) is 1.15. The summed E-state index contributed by atoms with van der Waals surface area (Å²) in [6.07, 6.45) is 2.74. The molecule has 0 radical (unpaired) electrons. The van der Waals surface area contributed by atoms with E-state index in [0.29, 0.717) is 6.42 Å². The minimum atomic E-state index is -2.87. The van der Waals surface area contributed by atoms with Gasteiger partial charge < -0.3 is 10.1 Å². The molecule has 0 spiro atoms. The van der Waals surface area contributed by atoms with Crippen LogP contribution in [0.3, 0.4) is 0 Å². The summed E-state index contributed by atoms with van der Waals surface area (Å²) in [6, 6.07) is 8.01. The quantitative estimate of drug-likeness (QED) is 0.821. The number of ether oxygens (including phenoxy) is 1. The molecule has 1 aromatic rings. The predicted molar refractivity (Wildman–Crippen MR) is 73.7 cm³/mol. The summed E-state index contributed by atoms with van der Waals surface area (Å²) in [5.74, 6) is 1.06. The van der Waals surface area contributed by atoms with Crippen molar-refractivity contribution in [3.05, 3.63) is 29.8 Å². The Morgan fingerprint density at radius 3 is 2.33 bits per heavy atom. The van der Waals surface area contributed by atoms with Crippen molar-refractivity contribution in [1.82, 2.24) is 5.32 Å². The molecule has 1 atom stereocenters. The lowest BCUT2D eigenvalue weighted by Crippen LogP contribution is -2.17. The number of nitrogens with one attached hydrogen (secondary N) is 1. The molecule has 18 heavy (non-hydrogen) atoms. The number of benzene rings is 1. The van der Waals surface area contributed by atoms with Crippen molar-refractivity contribution in [3.8, 4) is 5.75 Å². The van der Waals surface area contributed by atoms with Crippen LogP contribution in [0.1, 0.15) is 24.4 Å². The fourth-order valence-corrected chi connectivity index (χ4v) is 2.55. The molecule has 102 valence electrons. The molecule has 0 saturated carbocycles. The van der Waals surface area contributed by atoms with Crippen molar-refractivity contribution in [2.75, 3.05) is 26.2 Å². The highest BCUT2D eigenvalue weighted by molar-refractivity contribution is 7.90. The third-order valence-corrected chi connectivity index (χ3v) is 3.90. The van der Waals surface area contributed by atoms with Gasteiger partial charge in [0.2, 0.25) is 0 Å². The molecule has 5 heteroatoms. The molecule has 0 aliphatic heterocycles. The van der Waals surface area contributed by atoms with Gasteiger partial charge in [-0.15, -0.1) is 0 Å². The molecule has 0 aliphatic rings. The molecule has 1 N–H and O–H groups in total. The topological polar surface area (TPSA) is 55.4 Å². The smallest absolute Gasteiger partial charge is 0.147 e. The van der Waals surface area contributed by atoms with Gasteiger partial charge in [0.25, 0.3) is 0 Å². The van der Waals surface area contributed by atoms with Gasteiger partial charge in [-0.3, -0.25) is 0 Å². The van der Waals surface area contributed by atoms with Gasteiger partial charge >= 0.3 is 0 Å². The van der Waals surface area contributed by atoms with E-state index in [-0.39, 0.29) is 11.8 Å². The van der Waals surface area contributed by atoms with Crippen LogP contribution >= 0.6 is 0 Å². The van der Waals surface area contributed by atoms with E-state index in [9.17, 15) is 8.42 Å². The first-order valence-corrected chi connectivity index (χ1v) is 8.01. The lowest BCUT2D eigenvalue weighted by Gasteiger charge is -2.16. The fraction of sp³-hybridized carbons (Fsp3) is 0.538. The Hall–Kier alpha value is -1.07. The summed E-state index contributed by atoms with van der Waals surface area (Å²) in [7, 11) is 0.651. The van der Waals surface area contributed by atoms with Crippen molar-refractivity contribution >= 4 is 9.84 Å². The lowest BCUT2D eigenvalue weighted by molar-refractivity contribution is 0.414. The van der Waals surface area contributed by atoms with Crippen LogP contribution in [0, 0.1) is 0 Å². The van der Waals surface area contributed by atoms with Gasteiger partial charge in [0, 0.05) is 18.1 Å². The van der Waals surface area contributed by atoms with E-state index >= 15 is 0 Å². The zero-order chi connectivity index (χ0) is 13.6. The van der Waals surface area contributed by atoms with Crippen LogP contribution in [0.25, 0.3) is 0 Å². The second kappa shape index (κ2) is 6.75. The number of hydrogen-bond acceptors (Lipinski definition) is 4. The molecule has 0 bridgehead atoms. The van der Waals surface area contributed by atoms with Crippen LogP contribution in [0.2, 0.25) is 0 Å². The Bertz CT molecular complexity index is 454. The first-order chi connectivity index (χ1) is 8.46. The van der Waals surface area contributed by atoms with E-state index < -0.39 is 9.84 Å². The average Bonchev–Trinajstić information content (AvgIpc) is 2.34. The van der Waals surface area contributed by atoms with Crippen molar-refractivity contribution in [2.24, 2.45) is 0 Å². The SMILES string of the molecule is CNC(CCCS(C)(=O)=O)c1ccc(OC)cc1. The molecule has 0 aliphatic carbocycles. The minimum Gasteiger partial charge on any atom is -0.497 e. The maximum Gasteiger partial charge on any atom is 0.147 e. The molecule has 0 fully saturated rings. The largest absolute Gasteiger partial charge is 0.497 e. The molecule has 0 aromatic heterocycles. The summed E-state index contributed by atoms with van der Waals surface area (Å²) in [6.45, 7) is 0. The predicted octanol–water partition coefficient (Wildman–Crippen LogP) is 1.78. The zero-order valence-corrected chi connectivity index (χ0v) is 12.0. The van der Waals surface area contributed by atoms with Crippen LogP contribution in [0.4, 0.5) is 0 Å². The van der Waals surface area contributed by atoms with E-state index in [1.807, 2.05) is 31.3 Å². The van der Waals surface area contributed by atoms with Gasteiger partial charge in [-0.1, -0.05) is 12.1 Å². The standard InChI is InChI=1S/C13H21NO3S/c1-14-13(5-4-10-18(3,15)16)11-6-8-12(17-2)9-7-11/h6-9,13-14H,4-5,10H2,1-3H3. The molecule has 0 saturated heterocycles. The van der Waals surface area contributed by atoms with Gasteiger partial charge in [0.15, 0.2) is 0 Å². The van der Waals surface area contributed by atoms with Crippen LogP contribution in [-0.2, 0) is 9.84 Å². The molecule has 1 rings (SSSR count). The molecular formula is C13H21NO3S. The highest BCUT2D eigenvalue weighted by Gasteiger charge is 2.10. The molecule has 1 unspecified atom stereocenters. The van der Waals surface area contributed by atoms with E-state index in [2.05, 4.69) is 5.32 Å². The van der Waals surface area contributed by atoms with Gasteiger partial charge in [-0.25, -0.2) is 8.42 Å². The van der Waals surface area contributed by atoms with E-state index in [1.54, 1.807) is 7.11 Å². The van der Waals surface area contributed by atoms with E-state index in [1.165, 1.54) is 6.26 Å². The average molecular weight is 271 g/mol. The lowest BCUT2D eigenvalue weighted by atomic mass is 10.0. The van der Waals surface area contributed by atoms with E-state index in [0.717, 1.165) is 17.7 Å². The summed E-state index contributed by atoms with van der Waals surface area (Å²) >= 11 is 0. The maximum absolute atomic E-state index is 11.1. The summed E-state index contributed by atoms with van der Waals surface area (Å²) in [5, 5.41) is 3.21. The van der Waals surface area contributed by atoms with Gasteiger partial charge in [-0.05, 0) is 37.6 Å². The molecular weight excluding hydrogens is 250 g/mol. The van der Waals surface area contributed by atoms with Crippen LogP contribution < -0.4 is 10.1 Å². The van der Waals surface area contributed by atoms with Crippen LogP contribution in [0.5, 0.6) is 5.75 Å². The first-order valence-electron chi connectivity index (χ1n) is 5.95. The fourth-order valence-electron chi connectivity index (χ4n) is 1.86. The first kappa shape index (κ1) is 15.0. The van der Waals surface area contributed by atoms with Crippen molar-refractivity contribution in [3.63, 3.8) is 0 Å². The Balaban J connectivity index is 2.59. The molecule has 4 nitrogen and oxygen atoms in total. The second-order valence-electron chi connectivity index (χ2n) is 4.39. The van der Waals surface area contributed by atoms with Crippen LogP contribution in [0.15, 0.2) is 24.3 Å². The Kier molecular flexibility index (Phi) is 5.62. The highest BCUT2D eigenvalue weighted by atomic mass is 32.2. The van der Waals surface area contributed by atoms with Crippen LogP contribution in [-0.4, -0.2) is 34.6 Å². The summed E-state index contributed by atoms with van der Waals surface area (Å²) < 4.78 is 27.3. The third-order valence-electron chi connectivity index (χ3n) is 2.87. The Morgan fingerprint density at radius 1 is 1.28 bits per heavy atom. The number of hydrogen-bond donors (Lipinski definition) is 1. The Labute approximate surface area is 109 Å². The van der Waals surface area contributed by atoms with Gasteiger partial charge in [0.1, 0.15) is 15.6 Å². The van der Waals surface area contributed by atoms with E-state index in [4.69, 9.17) is 4.74 Å². The van der Waals surface area contributed by atoms with Crippen molar-refractivity contribution in [2.45, 2.75) is 18.9 Å². The number of methoxy groups -OCH3 is 1. The highest BCUT2D eigenvalue weighted by Crippen LogP contribution is 2.21. The minimum absolute atomic E-state index is 0.178. The maximum atomic E-state index is 11.1. The molecule has 1 aromatic carbocycles.